The molecule has 4 rings (SSSR count). The standard InChI is InChI=1S/C24H22FN3O2/c1-3-30-22-13-17(10-11-21(22)16-6-5-9-20(25)12-16)24(29)28(2)15-19-8-4-7-18-14-26-27-23(18)19/h4-14H,3,15H2,1-2H3,(H,26,27). The average molecular weight is 403 g/mol. The molecule has 1 heterocycles. The van der Waals surface area contributed by atoms with E-state index in [1.54, 1.807) is 42.4 Å². The Labute approximate surface area is 174 Å². The van der Waals surface area contributed by atoms with Gasteiger partial charge >= 0.3 is 0 Å². The highest BCUT2D eigenvalue weighted by atomic mass is 19.1. The topological polar surface area (TPSA) is 58.2 Å². The van der Waals surface area contributed by atoms with Crippen LogP contribution in [0.25, 0.3) is 22.0 Å². The Morgan fingerprint density at radius 3 is 2.77 bits per heavy atom. The maximum absolute atomic E-state index is 13.7. The number of rotatable bonds is 6. The highest BCUT2D eigenvalue weighted by molar-refractivity contribution is 5.95. The Morgan fingerprint density at radius 1 is 1.13 bits per heavy atom. The van der Waals surface area contributed by atoms with Gasteiger partial charge in [-0.3, -0.25) is 9.89 Å². The summed E-state index contributed by atoms with van der Waals surface area (Å²) in [5.74, 6) is 0.110. The zero-order valence-electron chi connectivity index (χ0n) is 16.9. The average Bonchev–Trinajstić information content (AvgIpc) is 3.23. The molecule has 0 spiro atoms. The van der Waals surface area contributed by atoms with Crippen LogP contribution in [0.5, 0.6) is 5.75 Å². The molecule has 6 heteroatoms. The summed E-state index contributed by atoms with van der Waals surface area (Å²) < 4.78 is 19.4. The molecule has 0 atom stereocenters. The molecule has 3 aromatic carbocycles. The molecule has 4 aromatic rings. The van der Waals surface area contributed by atoms with Crippen LogP contribution in [0.3, 0.4) is 0 Å². The molecule has 1 amide bonds. The molecule has 0 saturated carbocycles. The maximum atomic E-state index is 13.7. The minimum atomic E-state index is -0.317. The van der Waals surface area contributed by atoms with E-state index in [1.165, 1.54) is 12.1 Å². The monoisotopic (exact) mass is 403 g/mol. The molecule has 0 fully saturated rings. The van der Waals surface area contributed by atoms with Gasteiger partial charge in [0, 0.05) is 30.1 Å². The number of amides is 1. The van der Waals surface area contributed by atoms with Gasteiger partial charge in [0.25, 0.3) is 5.91 Å². The molecule has 0 radical (unpaired) electrons. The second-order valence-corrected chi connectivity index (χ2v) is 7.07. The van der Waals surface area contributed by atoms with Crippen LogP contribution in [-0.2, 0) is 6.54 Å². The number of fused-ring (bicyclic) bond motifs is 1. The van der Waals surface area contributed by atoms with Crippen LogP contribution in [0.1, 0.15) is 22.8 Å². The lowest BCUT2D eigenvalue weighted by Crippen LogP contribution is -2.26. The number of carbonyl (C=O) groups excluding carboxylic acids is 1. The number of hydrogen-bond acceptors (Lipinski definition) is 3. The molecule has 152 valence electrons. The summed E-state index contributed by atoms with van der Waals surface area (Å²) in [7, 11) is 1.76. The van der Waals surface area contributed by atoms with Crippen LogP contribution < -0.4 is 4.74 Å². The van der Waals surface area contributed by atoms with Crippen molar-refractivity contribution in [1.29, 1.82) is 0 Å². The third kappa shape index (κ3) is 3.89. The number of hydrogen-bond donors (Lipinski definition) is 1. The maximum Gasteiger partial charge on any atom is 0.254 e. The fourth-order valence-corrected chi connectivity index (χ4v) is 3.53. The largest absolute Gasteiger partial charge is 0.493 e. The molecule has 5 nitrogen and oxygen atoms in total. The molecule has 0 bridgehead atoms. The van der Waals surface area contributed by atoms with Crippen LogP contribution in [0.2, 0.25) is 0 Å². The Bertz CT molecular complexity index is 1200. The lowest BCUT2D eigenvalue weighted by atomic mass is 10.0. The number of H-pyrrole nitrogens is 1. The first kappa shape index (κ1) is 19.6. The number of halogens is 1. The number of nitrogens with one attached hydrogen (secondary N) is 1. The second-order valence-electron chi connectivity index (χ2n) is 7.07. The normalized spacial score (nSPS) is 10.9. The third-order valence-corrected chi connectivity index (χ3v) is 4.98. The van der Waals surface area contributed by atoms with Gasteiger partial charge in [-0.1, -0.05) is 30.3 Å². The quantitative estimate of drug-likeness (QED) is 0.491. The predicted octanol–water partition coefficient (Wildman–Crippen LogP) is 5.04. The Hall–Kier alpha value is -3.67. The van der Waals surface area contributed by atoms with Crippen LogP contribution in [-0.4, -0.2) is 34.7 Å². The Kier molecular flexibility index (Phi) is 5.48. The molecule has 30 heavy (non-hydrogen) atoms. The summed E-state index contributed by atoms with van der Waals surface area (Å²) in [6.07, 6.45) is 1.76. The van der Waals surface area contributed by atoms with E-state index < -0.39 is 0 Å². The van der Waals surface area contributed by atoms with Crippen molar-refractivity contribution >= 4 is 16.8 Å². The number of carbonyl (C=O) groups is 1. The first-order valence-corrected chi connectivity index (χ1v) is 9.76. The first-order chi connectivity index (χ1) is 14.6. The van der Waals surface area contributed by atoms with E-state index in [-0.39, 0.29) is 11.7 Å². The van der Waals surface area contributed by atoms with E-state index in [0.29, 0.717) is 30.0 Å². The van der Waals surface area contributed by atoms with Gasteiger partial charge in [-0.2, -0.15) is 5.10 Å². The summed E-state index contributed by atoms with van der Waals surface area (Å²) in [6.45, 7) is 2.76. The zero-order valence-corrected chi connectivity index (χ0v) is 16.9. The number of ether oxygens (including phenoxy) is 1. The molecule has 1 N–H and O–H groups in total. The summed E-state index contributed by atoms with van der Waals surface area (Å²) in [6, 6.07) is 17.5. The van der Waals surface area contributed by atoms with Crippen molar-refractivity contribution in [3.8, 4) is 16.9 Å². The van der Waals surface area contributed by atoms with E-state index in [0.717, 1.165) is 22.0 Å². The van der Waals surface area contributed by atoms with Crippen LogP contribution in [0, 0.1) is 5.82 Å². The molecule has 0 aliphatic carbocycles. The zero-order chi connectivity index (χ0) is 21.1. The van der Waals surface area contributed by atoms with Gasteiger partial charge in [0.15, 0.2) is 0 Å². The molecule has 0 aliphatic rings. The molecular formula is C24H22FN3O2. The smallest absolute Gasteiger partial charge is 0.254 e. The number of aromatic amines is 1. The van der Waals surface area contributed by atoms with E-state index in [2.05, 4.69) is 10.2 Å². The molecule has 1 aromatic heterocycles. The molecule has 0 aliphatic heterocycles. The SMILES string of the molecule is CCOc1cc(C(=O)N(C)Cc2cccc3cn[nH]c23)ccc1-c1cccc(F)c1. The van der Waals surface area contributed by atoms with Gasteiger partial charge in [0.2, 0.25) is 0 Å². The van der Waals surface area contributed by atoms with Crippen molar-refractivity contribution in [2.75, 3.05) is 13.7 Å². The van der Waals surface area contributed by atoms with Gasteiger partial charge < -0.3 is 9.64 Å². The number of nitrogens with zero attached hydrogens (tertiary/aromatic N) is 2. The van der Waals surface area contributed by atoms with Gasteiger partial charge in [-0.25, -0.2) is 4.39 Å². The summed E-state index contributed by atoms with van der Waals surface area (Å²) >= 11 is 0. The highest BCUT2D eigenvalue weighted by Crippen LogP contribution is 2.32. The van der Waals surface area contributed by atoms with Crippen LogP contribution in [0.15, 0.2) is 66.9 Å². The van der Waals surface area contributed by atoms with E-state index >= 15 is 0 Å². The number of para-hydroxylation sites is 1. The molecular weight excluding hydrogens is 381 g/mol. The van der Waals surface area contributed by atoms with Crippen molar-refractivity contribution in [1.82, 2.24) is 15.1 Å². The van der Waals surface area contributed by atoms with Crippen molar-refractivity contribution < 1.29 is 13.9 Å². The summed E-state index contributed by atoms with van der Waals surface area (Å²) in [5, 5.41) is 8.07. The minimum Gasteiger partial charge on any atom is -0.493 e. The lowest BCUT2D eigenvalue weighted by Gasteiger charge is -2.19. The second kappa shape index (κ2) is 8.37. The van der Waals surface area contributed by atoms with Crippen molar-refractivity contribution in [3.63, 3.8) is 0 Å². The van der Waals surface area contributed by atoms with E-state index in [4.69, 9.17) is 4.74 Å². The van der Waals surface area contributed by atoms with E-state index in [1.807, 2.05) is 31.2 Å². The van der Waals surface area contributed by atoms with Crippen molar-refractivity contribution in [2.24, 2.45) is 0 Å². The number of benzene rings is 3. The third-order valence-electron chi connectivity index (χ3n) is 4.98. The van der Waals surface area contributed by atoms with Crippen LogP contribution in [0.4, 0.5) is 4.39 Å². The summed E-state index contributed by atoms with van der Waals surface area (Å²) in [4.78, 5) is 14.7. The Balaban J connectivity index is 1.62. The van der Waals surface area contributed by atoms with Gasteiger partial charge in [0.05, 0.1) is 18.3 Å². The highest BCUT2D eigenvalue weighted by Gasteiger charge is 2.17. The van der Waals surface area contributed by atoms with Gasteiger partial charge in [-0.15, -0.1) is 0 Å². The van der Waals surface area contributed by atoms with E-state index in [9.17, 15) is 9.18 Å². The van der Waals surface area contributed by atoms with Crippen molar-refractivity contribution in [3.05, 3.63) is 83.8 Å². The molecule has 0 saturated heterocycles. The first-order valence-electron chi connectivity index (χ1n) is 9.76. The lowest BCUT2D eigenvalue weighted by molar-refractivity contribution is 0.0785. The minimum absolute atomic E-state index is 0.127. The molecule has 0 unspecified atom stereocenters. The predicted molar refractivity (Wildman–Crippen MR) is 115 cm³/mol. The fraction of sp³-hybridized carbons (Fsp3) is 0.167. The Morgan fingerprint density at radius 2 is 1.97 bits per heavy atom. The number of aromatic nitrogens is 2. The van der Waals surface area contributed by atoms with Gasteiger partial charge in [0.1, 0.15) is 11.6 Å². The van der Waals surface area contributed by atoms with Gasteiger partial charge in [-0.05, 0) is 48.4 Å². The van der Waals surface area contributed by atoms with Crippen LogP contribution >= 0.6 is 0 Å². The summed E-state index contributed by atoms with van der Waals surface area (Å²) in [5.41, 5.74) is 3.88. The van der Waals surface area contributed by atoms with Crippen molar-refractivity contribution in [2.45, 2.75) is 13.5 Å². The fourth-order valence-electron chi connectivity index (χ4n) is 3.53.